The molecule has 0 bridgehead atoms. The number of benzene rings is 8. The van der Waals surface area contributed by atoms with Crippen molar-refractivity contribution in [1.29, 1.82) is 0 Å². The number of fused-ring (bicyclic) bond motifs is 13. The van der Waals surface area contributed by atoms with Crippen molar-refractivity contribution in [3.8, 4) is 33.4 Å². The standard InChI is InChI=1S/C61H48N2S/c1-4-18-43(19-5-1)62(44-20-6-2-7-21-44)46-37-34-41(35-38-46)42-36-39-48-47-24-10-13-28-52(47)61(55(48)40-42)53-29-14-11-26-51(53)59-54(61)30-17-31-56(59)63(45-22-8-3-9-23-45)57-32-16-27-50-49-25-12-15-33-58(49)64-60(50)57/h1,3-5,8-11,13-14,16-20,22-24,26-32,34-40H,2,6-7,12,15,21,25,33H2. The van der Waals surface area contributed by atoms with E-state index in [-0.39, 0.29) is 0 Å². The van der Waals surface area contributed by atoms with Gasteiger partial charge in [0.1, 0.15) is 0 Å². The molecule has 0 amide bonds. The number of hydrogen-bond donors (Lipinski definition) is 0. The number of rotatable bonds is 7. The summed E-state index contributed by atoms with van der Waals surface area (Å²) in [5.41, 5.74) is 21.7. The lowest BCUT2D eigenvalue weighted by atomic mass is 9.70. The second-order valence-corrected chi connectivity index (χ2v) is 19.1. The van der Waals surface area contributed by atoms with Gasteiger partial charge in [0.25, 0.3) is 0 Å². The van der Waals surface area contributed by atoms with Crippen molar-refractivity contribution in [2.24, 2.45) is 0 Å². The number of allylic oxidation sites excluding steroid dienone is 2. The Bertz CT molecular complexity index is 3290. The van der Waals surface area contributed by atoms with Gasteiger partial charge in [-0.15, -0.1) is 11.3 Å². The van der Waals surface area contributed by atoms with Gasteiger partial charge in [0, 0.05) is 33.2 Å². The Balaban J connectivity index is 1.00. The van der Waals surface area contributed by atoms with E-state index in [1.165, 1.54) is 138 Å². The molecule has 8 aromatic carbocycles. The maximum Gasteiger partial charge on any atom is 0.0726 e. The van der Waals surface area contributed by atoms with E-state index >= 15 is 0 Å². The summed E-state index contributed by atoms with van der Waals surface area (Å²) >= 11 is 2.02. The molecule has 0 N–H and O–H groups in total. The van der Waals surface area contributed by atoms with E-state index in [1.807, 2.05) is 11.3 Å². The summed E-state index contributed by atoms with van der Waals surface area (Å²) in [4.78, 5) is 6.61. The molecule has 4 aliphatic rings. The van der Waals surface area contributed by atoms with Crippen LogP contribution in [0.4, 0.5) is 28.4 Å². The van der Waals surface area contributed by atoms with Crippen LogP contribution >= 0.6 is 11.3 Å². The number of thiophene rings is 1. The van der Waals surface area contributed by atoms with E-state index in [0.717, 1.165) is 12.8 Å². The van der Waals surface area contributed by atoms with Crippen LogP contribution in [0, 0.1) is 0 Å². The van der Waals surface area contributed by atoms with Crippen LogP contribution in [-0.2, 0) is 18.3 Å². The molecule has 64 heavy (non-hydrogen) atoms. The minimum Gasteiger partial charge on any atom is -0.315 e. The molecule has 0 fully saturated rings. The zero-order valence-corrected chi connectivity index (χ0v) is 36.8. The van der Waals surface area contributed by atoms with E-state index in [1.54, 1.807) is 10.4 Å². The SMILES string of the molecule is C1=C(N(c2ccccc2)c2ccc(-c3ccc4c(c3)C3(c5ccccc5-4)c4ccccc4-c4c(N(c5ccccc5)c5cccc6c7c(sc56)CCCC7)cccc43)cc2)CCCC1. The Hall–Kier alpha value is -6.94. The fourth-order valence-electron chi connectivity index (χ4n) is 11.8. The fraction of sp³-hybridized carbons (Fsp3) is 0.148. The molecule has 9 aromatic rings. The topological polar surface area (TPSA) is 6.48 Å². The van der Waals surface area contributed by atoms with E-state index in [4.69, 9.17) is 0 Å². The Kier molecular flexibility index (Phi) is 8.88. The second kappa shape index (κ2) is 15.1. The van der Waals surface area contributed by atoms with Crippen LogP contribution in [0.3, 0.4) is 0 Å². The molecule has 1 heterocycles. The first-order valence-electron chi connectivity index (χ1n) is 23.3. The molecule has 0 saturated heterocycles. The summed E-state index contributed by atoms with van der Waals surface area (Å²) in [5.74, 6) is 0. The van der Waals surface area contributed by atoms with Crippen LogP contribution in [0.1, 0.15) is 71.2 Å². The number of aryl methyl sites for hydroxylation is 2. The lowest BCUT2D eigenvalue weighted by Crippen LogP contribution is -2.26. The lowest BCUT2D eigenvalue weighted by molar-refractivity contribution is 0.691. The van der Waals surface area contributed by atoms with Crippen molar-refractivity contribution < 1.29 is 0 Å². The smallest absolute Gasteiger partial charge is 0.0726 e. The van der Waals surface area contributed by atoms with Gasteiger partial charge in [-0.05, 0) is 167 Å². The van der Waals surface area contributed by atoms with Gasteiger partial charge in [-0.2, -0.15) is 0 Å². The molecule has 3 heteroatoms. The summed E-state index contributed by atoms with van der Waals surface area (Å²) < 4.78 is 1.39. The molecule has 1 unspecified atom stereocenters. The van der Waals surface area contributed by atoms with Crippen molar-refractivity contribution in [3.05, 3.63) is 233 Å². The highest BCUT2D eigenvalue weighted by molar-refractivity contribution is 7.20. The van der Waals surface area contributed by atoms with Crippen LogP contribution < -0.4 is 9.80 Å². The summed E-state index contributed by atoms with van der Waals surface area (Å²) in [6.07, 6.45) is 12.1. The van der Waals surface area contributed by atoms with Crippen molar-refractivity contribution in [3.63, 3.8) is 0 Å². The predicted octanol–water partition coefficient (Wildman–Crippen LogP) is 16.9. The molecular formula is C61H48N2S. The van der Waals surface area contributed by atoms with Crippen molar-refractivity contribution in [2.45, 2.75) is 56.8 Å². The Labute approximate surface area is 380 Å². The third kappa shape index (κ3) is 5.63. The van der Waals surface area contributed by atoms with Crippen molar-refractivity contribution in [1.82, 2.24) is 0 Å². The number of nitrogens with zero attached hydrogens (tertiary/aromatic N) is 2. The number of hydrogen-bond acceptors (Lipinski definition) is 3. The van der Waals surface area contributed by atoms with Gasteiger partial charge in [0.2, 0.25) is 0 Å². The fourth-order valence-corrected chi connectivity index (χ4v) is 13.2. The highest BCUT2D eigenvalue weighted by Crippen LogP contribution is 2.65. The molecule has 2 nitrogen and oxygen atoms in total. The Morgan fingerprint density at radius 2 is 1.03 bits per heavy atom. The largest absolute Gasteiger partial charge is 0.315 e. The molecule has 1 atom stereocenters. The van der Waals surface area contributed by atoms with Crippen LogP contribution in [0.15, 0.2) is 200 Å². The summed E-state index contributed by atoms with van der Waals surface area (Å²) in [7, 11) is 0. The first-order chi connectivity index (χ1) is 31.8. The molecule has 0 saturated carbocycles. The highest BCUT2D eigenvalue weighted by atomic mass is 32.1. The molecule has 0 aliphatic heterocycles. The molecule has 4 aliphatic carbocycles. The third-order valence-corrected chi connectivity index (χ3v) is 15.9. The molecule has 1 spiro atoms. The van der Waals surface area contributed by atoms with Crippen LogP contribution in [0.25, 0.3) is 43.5 Å². The van der Waals surface area contributed by atoms with Gasteiger partial charge in [0.05, 0.1) is 21.5 Å². The first kappa shape index (κ1) is 37.6. The molecular weight excluding hydrogens is 793 g/mol. The molecule has 308 valence electrons. The minimum atomic E-state index is -0.488. The van der Waals surface area contributed by atoms with E-state index < -0.39 is 5.41 Å². The van der Waals surface area contributed by atoms with Gasteiger partial charge in [-0.25, -0.2) is 0 Å². The van der Waals surface area contributed by atoms with Crippen molar-refractivity contribution in [2.75, 3.05) is 9.80 Å². The zero-order valence-electron chi connectivity index (χ0n) is 35.9. The summed E-state index contributed by atoms with van der Waals surface area (Å²) in [5, 5.41) is 1.43. The maximum absolute atomic E-state index is 2.57. The third-order valence-electron chi connectivity index (χ3n) is 14.6. The number of para-hydroxylation sites is 2. The van der Waals surface area contributed by atoms with Crippen molar-refractivity contribution >= 4 is 49.9 Å². The summed E-state index contributed by atoms with van der Waals surface area (Å²) in [6.45, 7) is 0. The molecule has 1 aromatic heterocycles. The van der Waals surface area contributed by atoms with Crippen LogP contribution in [0.5, 0.6) is 0 Å². The molecule has 13 rings (SSSR count). The monoisotopic (exact) mass is 840 g/mol. The number of anilines is 5. The summed E-state index contributed by atoms with van der Waals surface area (Å²) in [6, 6.07) is 71.1. The average molecular weight is 841 g/mol. The second-order valence-electron chi connectivity index (χ2n) is 18.0. The van der Waals surface area contributed by atoms with E-state index in [9.17, 15) is 0 Å². The van der Waals surface area contributed by atoms with Gasteiger partial charge in [-0.3, -0.25) is 0 Å². The highest BCUT2D eigenvalue weighted by Gasteiger charge is 2.52. The minimum absolute atomic E-state index is 0.488. The lowest BCUT2D eigenvalue weighted by Gasteiger charge is -2.32. The zero-order chi connectivity index (χ0) is 42.2. The normalized spacial score (nSPS) is 16.7. The van der Waals surface area contributed by atoms with Crippen LogP contribution in [-0.4, -0.2) is 0 Å². The van der Waals surface area contributed by atoms with Gasteiger partial charge >= 0.3 is 0 Å². The quantitative estimate of drug-likeness (QED) is 0.158. The maximum atomic E-state index is 2.57. The van der Waals surface area contributed by atoms with Gasteiger partial charge < -0.3 is 9.80 Å². The van der Waals surface area contributed by atoms with Gasteiger partial charge in [-0.1, -0.05) is 140 Å². The first-order valence-corrected chi connectivity index (χ1v) is 24.1. The Morgan fingerprint density at radius 3 is 1.81 bits per heavy atom. The Morgan fingerprint density at radius 1 is 0.422 bits per heavy atom. The van der Waals surface area contributed by atoms with Crippen LogP contribution in [0.2, 0.25) is 0 Å². The van der Waals surface area contributed by atoms with Gasteiger partial charge in [0.15, 0.2) is 0 Å². The van der Waals surface area contributed by atoms with E-state index in [2.05, 4.69) is 204 Å². The van der Waals surface area contributed by atoms with E-state index in [0.29, 0.717) is 0 Å². The average Bonchev–Trinajstić information content (AvgIpc) is 4.00. The predicted molar refractivity (Wildman–Crippen MR) is 270 cm³/mol. The molecule has 0 radical (unpaired) electrons.